The zero-order valence-electron chi connectivity index (χ0n) is 17.2. The SMILES string of the molecule is CC(C)NC(=O)Nc1cccc(C(=O)NCc2cccc(NC(=O)C(C)C)c2)c1. The molecule has 4 amide bonds. The molecular weight excluding hydrogens is 368 g/mol. The molecule has 0 aliphatic rings. The van der Waals surface area contributed by atoms with Crippen LogP contribution in [0.4, 0.5) is 16.2 Å². The van der Waals surface area contributed by atoms with E-state index >= 15 is 0 Å². The molecule has 0 saturated heterocycles. The van der Waals surface area contributed by atoms with Crippen LogP contribution in [0.5, 0.6) is 0 Å². The van der Waals surface area contributed by atoms with Crippen LogP contribution < -0.4 is 21.3 Å². The van der Waals surface area contributed by atoms with Crippen molar-refractivity contribution in [2.45, 2.75) is 40.3 Å². The van der Waals surface area contributed by atoms with E-state index in [1.165, 1.54) is 0 Å². The van der Waals surface area contributed by atoms with Gasteiger partial charge in [-0.05, 0) is 49.7 Å². The van der Waals surface area contributed by atoms with Crippen LogP contribution in [-0.2, 0) is 11.3 Å². The third kappa shape index (κ3) is 7.29. The molecule has 0 aliphatic carbocycles. The lowest BCUT2D eigenvalue weighted by Crippen LogP contribution is -2.34. The van der Waals surface area contributed by atoms with Crippen LogP contribution in [0.1, 0.15) is 43.6 Å². The summed E-state index contributed by atoms with van der Waals surface area (Å²) in [5, 5.41) is 11.1. The summed E-state index contributed by atoms with van der Waals surface area (Å²) in [5.74, 6) is -0.423. The number of rotatable bonds is 7. The Morgan fingerprint density at radius 3 is 2.17 bits per heavy atom. The van der Waals surface area contributed by atoms with Crippen LogP contribution in [0.2, 0.25) is 0 Å². The number of hydrogen-bond donors (Lipinski definition) is 4. The molecule has 0 fully saturated rings. The van der Waals surface area contributed by atoms with Crippen molar-refractivity contribution < 1.29 is 14.4 Å². The van der Waals surface area contributed by atoms with Gasteiger partial charge in [0.1, 0.15) is 0 Å². The molecule has 7 heteroatoms. The minimum Gasteiger partial charge on any atom is -0.348 e. The number of carbonyl (C=O) groups is 3. The predicted molar refractivity (Wildman–Crippen MR) is 115 cm³/mol. The maximum absolute atomic E-state index is 12.5. The Hall–Kier alpha value is -3.35. The highest BCUT2D eigenvalue weighted by Gasteiger charge is 2.10. The lowest BCUT2D eigenvalue weighted by Gasteiger charge is -2.12. The van der Waals surface area contributed by atoms with Crippen molar-refractivity contribution in [2.75, 3.05) is 10.6 Å². The molecule has 2 aromatic carbocycles. The Morgan fingerprint density at radius 1 is 0.862 bits per heavy atom. The fraction of sp³-hybridized carbons (Fsp3) is 0.318. The summed E-state index contributed by atoms with van der Waals surface area (Å²) in [6.07, 6.45) is 0. The average Bonchev–Trinajstić information content (AvgIpc) is 2.65. The molecule has 0 aliphatic heterocycles. The average molecular weight is 396 g/mol. The summed E-state index contributed by atoms with van der Waals surface area (Å²) < 4.78 is 0. The monoisotopic (exact) mass is 396 g/mol. The van der Waals surface area contributed by atoms with Crippen LogP contribution in [-0.4, -0.2) is 23.9 Å². The highest BCUT2D eigenvalue weighted by Crippen LogP contribution is 2.13. The smallest absolute Gasteiger partial charge is 0.319 e. The van der Waals surface area contributed by atoms with Crippen LogP contribution >= 0.6 is 0 Å². The molecule has 0 unspecified atom stereocenters. The lowest BCUT2D eigenvalue weighted by atomic mass is 10.1. The van der Waals surface area contributed by atoms with Crippen molar-refractivity contribution in [1.82, 2.24) is 10.6 Å². The summed E-state index contributed by atoms with van der Waals surface area (Å²) in [4.78, 5) is 36.1. The van der Waals surface area contributed by atoms with E-state index in [1.807, 2.05) is 52.0 Å². The lowest BCUT2D eigenvalue weighted by molar-refractivity contribution is -0.118. The number of nitrogens with one attached hydrogen (secondary N) is 4. The molecule has 29 heavy (non-hydrogen) atoms. The van der Waals surface area contributed by atoms with Crippen molar-refractivity contribution >= 4 is 29.2 Å². The molecule has 0 atom stereocenters. The molecule has 0 bridgehead atoms. The Morgan fingerprint density at radius 2 is 1.52 bits per heavy atom. The van der Waals surface area contributed by atoms with Gasteiger partial charge in [-0.15, -0.1) is 0 Å². The first-order chi connectivity index (χ1) is 13.7. The second kappa shape index (κ2) is 10.3. The van der Waals surface area contributed by atoms with Crippen molar-refractivity contribution in [2.24, 2.45) is 5.92 Å². The van der Waals surface area contributed by atoms with Gasteiger partial charge in [0.2, 0.25) is 5.91 Å². The quantitative estimate of drug-likeness (QED) is 0.574. The first-order valence-electron chi connectivity index (χ1n) is 9.60. The molecule has 4 N–H and O–H groups in total. The van der Waals surface area contributed by atoms with E-state index in [9.17, 15) is 14.4 Å². The Kier molecular flexibility index (Phi) is 7.77. The van der Waals surface area contributed by atoms with Crippen molar-refractivity contribution in [1.29, 1.82) is 0 Å². The number of carbonyl (C=O) groups excluding carboxylic acids is 3. The topological polar surface area (TPSA) is 99.3 Å². The van der Waals surface area contributed by atoms with E-state index in [1.54, 1.807) is 24.3 Å². The zero-order chi connectivity index (χ0) is 21.4. The van der Waals surface area contributed by atoms with Gasteiger partial charge in [-0.1, -0.05) is 32.0 Å². The van der Waals surface area contributed by atoms with Gasteiger partial charge in [-0.3, -0.25) is 9.59 Å². The minimum absolute atomic E-state index is 0.0163. The fourth-order valence-electron chi connectivity index (χ4n) is 2.50. The molecule has 2 rings (SSSR count). The van der Waals surface area contributed by atoms with Crippen LogP contribution in [0, 0.1) is 5.92 Å². The highest BCUT2D eigenvalue weighted by molar-refractivity contribution is 5.97. The molecule has 2 aromatic rings. The van der Waals surface area contributed by atoms with Crippen molar-refractivity contribution in [3.05, 3.63) is 59.7 Å². The minimum atomic E-state index is -0.321. The fourth-order valence-corrected chi connectivity index (χ4v) is 2.50. The maximum Gasteiger partial charge on any atom is 0.319 e. The van der Waals surface area contributed by atoms with Crippen molar-refractivity contribution in [3.8, 4) is 0 Å². The summed E-state index contributed by atoms with van der Waals surface area (Å²) in [5.41, 5.74) is 2.54. The summed E-state index contributed by atoms with van der Waals surface area (Å²) in [7, 11) is 0. The van der Waals surface area contributed by atoms with Crippen LogP contribution in [0.15, 0.2) is 48.5 Å². The van der Waals surface area contributed by atoms with Gasteiger partial charge in [0, 0.05) is 35.4 Å². The van der Waals surface area contributed by atoms with Crippen molar-refractivity contribution in [3.63, 3.8) is 0 Å². The van der Waals surface area contributed by atoms with Crippen LogP contribution in [0.25, 0.3) is 0 Å². The van der Waals surface area contributed by atoms with Crippen LogP contribution in [0.3, 0.4) is 0 Å². The standard InChI is InChI=1S/C22H28N4O3/c1-14(2)20(27)25-18-9-5-7-16(11-18)13-23-21(28)17-8-6-10-19(12-17)26-22(29)24-15(3)4/h5-12,14-15H,13H2,1-4H3,(H,23,28)(H,25,27)(H2,24,26,29). The van der Waals surface area contributed by atoms with Gasteiger partial charge < -0.3 is 21.3 Å². The Bertz CT molecular complexity index is 878. The maximum atomic E-state index is 12.5. The molecule has 0 spiro atoms. The number of hydrogen-bond acceptors (Lipinski definition) is 3. The predicted octanol–water partition coefficient (Wildman–Crippen LogP) is 3.74. The second-order valence-electron chi connectivity index (χ2n) is 7.36. The first kappa shape index (κ1) is 21.9. The molecule has 0 radical (unpaired) electrons. The molecule has 0 saturated carbocycles. The molecular formula is C22H28N4O3. The number of anilines is 2. The van der Waals surface area contributed by atoms with Gasteiger partial charge in [0.05, 0.1) is 0 Å². The third-order valence-electron chi connectivity index (χ3n) is 3.97. The normalized spacial score (nSPS) is 10.6. The van der Waals surface area contributed by atoms with E-state index in [0.717, 1.165) is 5.56 Å². The number of urea groups is 1. The van der Waals surface area contributed by atoms with E-state index in [-0.39, 0.29) is 29.8 Å². The van der Waals surface area contributed by atoms with E-state index < -0.39 is 0 Å². The summed E-state index contributed by atoms with van der Waals surface area (Å²) in [6.45, 7) is 7.71. The highest BCUT2D eigenvalue weighted by atomic mass is 16.2. The Labute approximate surface area is 171 Å². The van der Waals surface area contributed by atoms with Gasteiger partial charge in [-0.25, -0.2) is 4.79 Å². The zero-order valence-corrected chi connectivity index (χ0v) is 17.2. The van der Waals surface area contributed by atoms with E-state index in [2.05, 4.69) is 21.3 Å². The summed E-state index contributed by atoms with van der Waals surface area (Å²) in [6, 6.07) is 13.8. The largest absolute Gasteiger partial charge is 0.348 e. The first-order valence-corrected chi connectivity index (χ1v) is 9.60. The van der Waals surface area contributed by atoms with E-state index in [4.69, 9.17) is 0 Å². The second-order valence-corrected chi connectivity index (χ2v) is 7.36. The van der Waals surface area contributed by atoms with Gasteiger partial charge in [0.15, 0.2) is 0 Å². The summed E-state index contributed by atoms with van der Waals surface area (Å²) >= 11 is 0. The molecule has 7 nitrogen and oxygen atoms in total. The third-order valence-corrected chi connectivity index (χ3v) is 3.97. The molecule has 0 aromatic heterocycles. The van der Waals surface area contributed by atoms with Gasteiger partial charge in [-0.2, -0.15) is 0 Å². The van der Waals surface area contributed by atoms with Gasteiger partial charge in [0.25, 0.3) is 5.91 Å². The number of amides is 4. The van der Waals surface area contributed by atoms with E-state index in [0.29, 0.717) is 23.5 Å². The Balaban J connectivity index is 1.96. The van der Waals surface area contributed by atoms with Gasteiger partial charge >= 0.3 is 6.03 Å². The number of benzene rings is 2. The molecule has 0 heterocycles. The molecule has 154 valence electrons.